The summed E-state index contributed by atoms with van der Waals surface area (Å²) in [6.45, 7) is 18.1. The first-order valence-electron chi connectivity index (χ1n) is 13.3. The van der Waals surface area contributed by atoms with E-state index in [0.29, 0.717) is 6.42 Å². The van der Waals surface area contributed by atoms with Crippen LogP contribution in [0.15, 0.2) is 12.2 Å². The lowest BCUT2D eigenvalue weighted by Crippen LogP contribution is -2.58. The van der Waals surface area contributed by atoms with Crippen LogP contribution < -0.4 is 5.32 Å². The Bertz CT molecular complexity index is 800. The molecular formula is C28H48N2O5. The van der Waals surface area contributed by atoms with Crippen LogP contribution in [0.3, 0.4) is 0 Å². The normalized spacial score (nSPS) is 28.5. The Morgan fingerprint density at radius 3 is 2.26 bits per heavy atom. The van der Waals surface area contributed by atoms with Gasteiger partial charge in [0.1, 0.15) is 6.04 Å². The third-order valence-corrected chi connectivity index (χ3v) is 7.63. The number of amides is 2. The summed E-state index contributed by atoms with van der Waals surface area (Å²) < 4.78 is 5.40. The van der Waals surface area contributed by atoms with Gasteiger partial charge in [0.2, 0.25) is 11.8 Å². The van der Waals surface area contributed by atoms with Gasteiger partial charge in [-0.3, -0.25) is 14.4 Å². The zero-order valence-corrected chi connectivity index (χ0v) is 23.3. The molecule has 0 radical (unpaired) electrons. The fourth-order valence-electron chi connectivity index (χ4n) is 6.34. The molecule has 2 rings (SSSR count). The highest BCUT2D eigenvalue weighted by Gasteiger charge is 2.59. The average Bonchev–Trinajstić information content (AvgIpc) is 3.04. The van der Waals surface area contributed by atoms with E-state index in [1.54, 1.807) is 11.8 Å². The van der Waals surface area contributed by atoms with Crippen molar-refractivity contribution in [2.75, 3.05) is 13.2 Å². The number of allylic oxidation sites excluding steroid dienone is 1. The van der Waals surface area contributed by atoms with E-state index in [9.17, 15) is 19.5 Å². The van der Waals surface area contributed by atoms with E-state index >= 15 is 0 Å². The lowest BCUT2D eigenvalue weighted by atomic mass is 9.69. The molecule has 1 fully saturated rings. The number of hydrogen-bond acceptors (Lipinski definition) is 5. The minimum atomic E-state index is -0.788. The van der Waals surface area contributed by atoms with E-state index in [2.05, 4.69) is 26.1 Å². The van der Waals surface area contributed by atoms with Crippen molar-refractivity contribution < 1.29 is 24.2 Å². The van der Waals surface area contributed by atoms with Gasteiger partial charge in [-0.05, 0) is 50.9 Å². The van der Waals surface area contributed by atoms with Gasteiger partial charge in [0, 0.05) is 11.5 Å². The van der Waals surface area contributed by atoms with Crippen LogP contribution in [-0.4, -0.2) is 58.6 Å². The first-order chi connectivity index (χ1) is 16.2. The first-order valence-corrected chi connectivity index (χ1v) is 13.3. The summed E-state index contributed by atoms with van der Waals surface area (Å²) in [6, 6.07) is -1.29. The van der Waals surface area contributed by atoms with E-state index in [-0.39, 0.29) is 48.2 Å². The molecular weight excluding hydrogens is 444 g/mol. The smallest absolute Gasteiger partial charge is 0.310 e. The van der Waals surface area contributed by atoms with Gasteiger partial charge >= 0.3 is 5.97 Å². The predicted octanol–water partition coefficient (Wildman–Crippen LogP) is 3.94. The molecule has 200 valence electrons. The van der Waals surface area contributed by atoms with Gasteiger partial charge in [-0.15, -0.1) is 0 Å². The highest BCUT2D eigenvalue weighted by atomic mass is 16.5. The standard InChI is InChI=1S/C28H48N2O5/c1-10-17(4)20(15-31)30-23(24(32)29-28(8,9)16-27(5,6)7)19-14-13-18(11-2)21(22(19)25(30)33)26(34)35-12-3/h13-14,17-23,31H,10-12,15-16H2,1-9H3,(H,29,32)/t17-,18+,19-,20-,21+,22+,23-/m0/s1. The topological polar surface area (TPSA) is 95.9 Å². The SMILES string of the molecule is CCOC(=O)[C@H]1[C@@H]2C(=O)N([C@@H](CO)[C@@H](C)CC)[C@H](C(=O)NC(C)(C)CC(C)(C)C)[C@H]2C=C[C@H]1CC. The van der Waals surface area contributed by atoms with Crippen LogP contribution in [0.5, 0.6) is 0 Å². The number of aliphatic hydroxyl groups excluding tert-OH is 1. The van der Waals surface area contributed by atoms with Gasteiger partial charge in [0.05, 0.1) is 31.1 Å². The van der Waals surface area contributed by atoms with E-state index < -0.39 is 35.4 Å². The number of nitrogens with zero attached hydrogens (tertiary/aromatic N) is 1. The third-order valence-electron chi connectivity index (χ3n) is 7.63. The Morgan fingerprint density at radius 2 is 1.77 bits per heavy atom. The predicted molar refractivity (Wildman–Crippen MR) is 137 cm³/mol. The van der Waals surface area contributed by atoms with Crippen LogP contribution in [0, 0.1) is 35.0 Å². The summed E-state index contributed by atoms with van der Waals surface area (Å²) in [5.74, 6) is -2.75. The summed E-state index contributed by atoms with van der Waals surface area (Å²) in [5, 5.41) is 13.6. The molecule has 0 bridgehead atoms. The van der Waals surface area contributed by atoms with Gasteiger partial charge in [0.15, 0.2) is 0 Å². The van der Waals surface area contributed by atoms with Crippen LogP contribution in [0.4, 0.5) is 0 Å². The summed E-state index contributed by atoms with van der Waals surface area (Å²) in [6.07, 6.45) is 6.15. The third kappa shape index (κ3) is 6.46. The number of nitrogens with one attached hydrogen (secondary N) is 1. The number of ether oxygens (including phenoxy) is 1. The maximum atomic E-state index is 14.0. The molecule has 35 heavy (non-hydrogen) atoms. The van der Waals surface area contributed by atoms with E-state index in [0.717, 1.165) is 12.8 Å². The van der Waals surface area contributed by atoms with E-state index in [1.165, 1.54) is 0 Å². The number of likely N-dealkylation sites (tertiary alicyclic amines) is 1. The summed E-state index contributed by atoms with van der Waals surface area (Å²) in [5.41, 5.74) is -0.485. The Morgan fingerprint density at radius 1 is 1.14 bits per heavy atom. The Labute approximate surface area is 212 Å². The molecule has 7 nitrogen and oxygen atoms in total. The Kier molecular flexibility index (Phi) is 9.59. The Hall–Kier alpha value is -1.89. The maximum Gasteiger partial charge on any atom is 0.310 e. The van der Waals surface area contributed by atoms with Gasteiger partial charge in [-0.25, -0.2) is 0 Å². The minimum Gasteiger partial charge on any atom is -0.466 e. The quantitative estimate of drug-likeness (QED) is 0.356. The van der Waals surface area contributed by atoms with Crippen LogP contribution >= 0.6 is 0 Å². The van der Waals surface area contributed by atoms with Gasteiger partial charge in [0.25, 0.3) is 0 Å². The van der Waals surface area contributed by atoms with Crippen molar-refractivity contribution >= 4 is 17.8 Å². The molecule has 0 aromatic carbocycles. The zero-order chi connectivity index (χ0) is 26.7. The number of carbonyl (C=O) groups excluding carboxylic acids is 3. The molecule has 1 heterocycles. The maximum absolute atomic E-state index is 14.0. The largest absolute Gasteiger partial charge is 0.466 e. The second-order valence-corrected chi connectivity index (χ2v) is 12.3. The number of aliphatic hydroxyl groups is 1. The van der Waals surface area contributed by atoms with E-state index in [1.807, 2.05) is 46.8 Å². The van der Waals surface area contributed by atoms with Crippen molar-refractivity contribution in [3.8, 4) is 0 Å². The number of fused-ring (bicyclic) bond motifs is 1. The number of rotatable bonds is 10. The van der Waals surface area contributed by atoms with E-state index in [4.69, 9.17) is 4.74 Å². The van der Waals surface area contributed by atoms with Crippen LogP contribution in [0.2, 0.25) is 0 Å². The summed E-state index contributed by atoms with van der Waals surface area (Å²) in [7, 11) is 0. The minimum absolute atomic E-state index is 0.00293. The number of esters is 1. The summed E-state index contributed by atoms with van der Waals surface area (Å²) >= 11 is 0. The molecule has 0 spiro atoms. The Balaban J connectivity index is 2.56. The van der Waals surface area contributed by atoms with Gasteiger partial charge in [-0.2, -0.15) is 0 Å². The van der Waals surface area contributed by atoms with Crippen molar-refractivity contribution in [3.63, 3.8) is 0 Å². The van der Waals surface area contributed by atoms with Gasteiger partial charge in [-0.1, -0.05) is 60.1 Å². The average molecular weight is 493 g/mol. The van der Waals surface area contributed by atoms with Crippen molar-refractivity contribution in [1.29, 1.82) is 0 Å². The van der Waals surface area contributed by atoms with Gasteiger partial charge < -0.3 is 20.1 Å². The van der Waals surface area contributed by atoms with Crippen molar-refractivity contribution in [3.05, 3.63) is 12.2 Å². The first kappa shape index (κ1) is 29.3. The highest BCUT2D eigenvalue weighted by molar-refractivity contribution is 5.96. The van der Waals surface area contributed by atoms with Crippen LogP contribution in [-0.2, 0) is 19.1 Å². The van der Waals surface area contributed by atoms with Crippen LogP contribution in [0.1, 0.15) is 81.6 Å². The number of hydrogen-bond donors (Lipinski definition) is 2. The van der Waals surface area contributed by atoms with Crippen molar-refractivity contribution in [2.45, 2.75) is 99.2 Å². The fraction of sp³-hybridized carbons (Fsp3) is 0.821. The molecule has 7 atom stereocenters. The molecule has 2 amide bonds. The van der Waals surface area contributed by atoms with Crippen molar-refractivity contribution in [1.82, 2.24) is 10.2 Å². The fourth-order valence-corrected chi connectivity index (χ4v) is 6.34. The molecule has 0 saturated carbocycles. The lowest BCUT2D eigenvalue weighted by Gasteiger charge is -2.39. The number of carbonyl (C=O) groups is 3. The van der Waals surface area contributed by atoms with Crippen LogP contribution in [0.25, 0.3) is 0 Å². The van der Waals surface area contributed by atoms with Crippen molar-refractivity contribution in [2.24, 2.45) is 35.0 Å². The highest BCUT2D eigenvalue weighted by Crippen LogP contribution is 2.46. The monoisotopic (exact) mass is 492 g/mol. The molecule has 1 aliphatic heterocycles. The lowest BCUT2D eigenvalue weighted by molar-refractivity contribution is -0.156. The molecule has 1 saturated heterocycles. The molecule has 2 N–H and O–H groups in total. The summed E-state index contributed by atoms with van der Waals surface area (Å²) in [4.78, 5) is 42.6. The molecule has 0 aromatic heterocycles. The second kappa shape index (κ2) is 11.4. The second-order valence-electron chi connectivity index (χ2n) is 12.3. The zero-order valence-electron chi connectivity index (χ0n) is 23.3. The molecule has 0 unspecified atom stereocenters. The molecule has 2 aliphatic rings. The molecule has 1 aliphatic carbocycles. The molecule has 7 heteroatoms. The molecule has 0 aromatic rings.